The molecule has 1 atom stereocenters. The van der Waals surface area contributed by atoms with E-state index in [-0.39, 0.29) is 0 Å². The van der Waals surface area contributed by atoms with E-state index in [0.29, 0.717) is 19.8 Å². The molecule has 2 aliphatic rings. The molecule has 23 heavy (non-hydrogen) atoms. The minimum atomic E-state index is -0.733. The van der Waals surface area contributed by atoms with Crippen molar-refractivity contribution in [1.82, 2.24) is 19.6 Å². The highest BCUT2D eigenvalue weighted by molar-refractivity contribution is 4.99. The predicted octanol–water partition coefficient (Wildman–Crippen LogP) is 0.741. The first-order valence-corrected chi connectivity index (χ1v) is 8.87. The van der Waals surface area contributed by atoms with Crippen LogP contribution < -0.4 is 0 Å². The van der Waals surface area contributed by atoms with E-state index in [9.17, 15) is 5.11 Å². The van der Waals surface area contributed by atoms with E-state index in [4.69, 9.17) is 4.74 Å². The zero-order valence-electron chi connectivity index (χ0n) is 14.3. The van der Waals surface area contributed by atoms with Gasteiger partial charge in [0.1, 0.15) is 5.60 Å². The molecule has 130 valence electrons. The summed E-state index contributed by atoms with van der Waals surface area (Å²) in [6.45, 7) is 9.71. The number of ether oxygens (including phenoxy) is 1. The molecule has 1 N–H and O–H groups in total. The van der Waals surface area contributed by atoms with Crippen LogP contribution in [0, 0.1) is 6.92 Å². The van der Waals surface area contributed by atoms with Crippen LogP contribution in [0.5, 0.6) is 0 Å². The lowest BCUT2D eigenvalue weighted by Gasteiger charge is -2.34. The highest BCUT2D eigenvalue weighted by Crippen LogP contribution is 2.18. The third-order valence-electron chi connectivity index (χ3n) is 4.78. The molecule has 2 aliphatic heterocycles. The zero-order chi connectivity index (χ0) is 16.1. The predicted molar refractivity (Wildman–Crippen MR) is 89.5 cm³/mol. The minimum absolute atomic E-state index is 0.457. The van der Waals surface area contributed by atoms with E-state index in [1.54, 1.807) is 0 Å². The lowest BCUT2D eigenvalue weighted by Crippen LogP contribution is -2.52. The number of aromatic nitrogens is 2. The summed E-state index contributed by atoms with van der Waals surface area (Å²) in [6, 6.07) is 0. The van der Waals surface area contributed by atoms with Crippen LogP contribution in [-0.2, 0) is 11.3 Å². The molecule has 0 unspecified atom stereocenters. The molecule has 0 aliphatic carbocycles. The number of β-amino-alcohol motifs (C(OH)–C–C–N with tert-alkyl or cyclic N) is 1. The van der Waals surface area contributed by atoms with E-state index >= 15 is 0 Å². The van der Waals surface area contributed by atoms with Crippen LogP contribution in [0.2, 0.25) is 0 Å². The van der Waals surface area contributed by atoms with Crippen molar-refractivity contribution in [2.24, 2.45) is 0 Å². The molecule has 0 radical (unpaired) electrons. The van der Waals surface area contributed by atoms with Crippen LogP contribution >= 0.6 is 0 Å². The van der Waals surface area contributed by atoms with Crippen molar-refractivity contribution in [3.63, 3.8) is 0 Å². The van der Waals surface area contributed by atoms with Crippen LogP contribution in [0.3, 0.4) is 0 Å². The quantitative estimate of drug-likeness (QED) is 0.837. The second-order valence-electron chi connectivity index (χ2n) is 7.17. The minimum Gasteiger partial charge on any atom is -0.385 e. The van der Waals surface area contributed by atoms with E-state index < -0.39 is 5.60 Å². The molecule has 3 heterocycles. The first-order valence-electron chi connectivity index (χ1n) is 8.87. The maximum Gasteiger partial charge on any atom is 0.113 e. The van der Waals surface area contributed by atoms with Gasteiger partial charge < -0.3 is 14.7 Å². The van der Waals surface area contributed by atoms with E-state index in [0.717, 1.165) is 45.7 Å². The van der Waals surface area contributed by atoms with Crippen molar-refractivity contribution in [2.45, 2.75) is 38.3 Å². The van der Waals surface area contributed by atoms with Crippen molar-refractivity contribution in [2.75, 3.05) is 52.5 Å². The van der Waals surface area contributed by atoms with Gasteiger partial charge in [0.05, 0.1) is 19.4 Å². The summed E-state index contributed by atoms with van der Waals surface area (Å²) in [5.41, 5.74) is 0.469. The number of aryl methyl sites for hydroxylation is 2. The Morgan fingerprint density at radius 3 is 2.78 bits per heavy atom. The zero-order valence-corrected chi connectivity index (χ0v) is 14.3. The Morgan fingerprint density at radius 2 is 2.04 bits per heavy atom. The second kappa shape index (κ2) is 7.75. The fraction of sp³-hybridized carbons (Fsp3) is 0.824. The molecule has 0 aromatic carbocycles. The van der Waals surface area contributed by atoms with E-state index in [2.05, 4.69) is 28.0 Å². The van der Waals surface area contributed by atoms with E-state index in [1.165, 1.54) is 18.4 Å². The Morgan fingerprint density at radius 1 is 1.22 bits per heavy atom. The summed E-state index contributed by atoms with van der Waals surface area (Å²) < 4.78 is 7.68. The molecule has 1 aromatic rings. The van der Waals surface area contributed by atoms with E-state index in [1.807, 2.05) is 10.9 Å². The molecule has 2 fully saturated rings. The van der Waals surface area contributed by atoms with Crippen molar-refractivity contribution < 1.29 is 9.84 Å². The van der Waals surface area contributed by atoms with Crippen molar-refractivity contribution in [3.8, 4) is 0 Å². The van der Waals surface area contributed by atoms with Gasteiger partial charge in [0.25, 0.3) is 0 Å². The number of hydrogen-bond donors (Lipinski definition) is 1. The molecule has 0 bridgehead atoms. The Hall–Kier alpha value is -0.950. The van der Waals surface area contributed by atoms with Gasteiger partial charge in [-0.05, 0) is 44.8 Å². The van der Waals surface area contributed by atoms with Crippen LogP contribution in [0.25, 0.3) is 0 Å². The van der Waals surface area contributed by atoms with Gasteiger partial charge in [-0.2, -0.15) is 5.10 Å². The van der Waals surface area contributed by atoms with Gasteiger partial charge in [-0.15, -0.1) is 0 Å². The van der Waals surface area contributed by atoms with Gasteiger partial charge in [-0.25, -0.2) is 0 Å². The average molecular weight is 322 g/mol. The molecule has 0 saturated carbocycles. The molecule has 2 saturated heterocycles. The Labute approximate surface area is 139 Å². The number of rotatable bonds is 6. The van der Waals surface area contributed by atoms with Crippen molar-refractivity contribution in [3.05, 3.63) is 18.0 Å². The number of hydrogen-bond acceptors (Lipinski definition) is 5. The maximum absolute atomic E-state index is 11.0. The molecule has 6 nitrogen and oxygen atoms in total. The van der Waals surface area contributed by atoms with Crippen LogP contribution in [-0.4, -0.2) is 82.8 Å². The third-order valence-corrected chi connectivity index (χ3v) is 4.78. The Balaban J connectivity index is 1.47. The first kappa shape index (κ1) is 16.9. The van der Waals surface area contributed by atoms with Crippen LogP contribution in [0.4, 0.5) is 0 Å². The lowest BCUT2D eigenvalue weighted by atomic mass is 10.0. The van der Waals surface area contributed by atoms with Crippen LogP contribution in [0.1, 0.15) is 24.8 Å². The SMILES string of the molecule is Cc1cnn(CCCN2CCOC[C@](O)(CN3CCCC3)C2)c1. The highest BCUT2D eigenvalue weighted by atomic mass is 16.5. The summed E-state index contributed by atoms with van der Waals surface area (Å²) in [7, 11) is 0. The number of likely N-dealkylation sites (tertiary alicyclic amines) is 1. The normalized spacial score (nSPS) is 27.4. The van der Waals surface area contributed by atoms with Gasteiger partial charge in [0.2, 0.25) is 0 Å². The standard InChI is InChI=1S/C17H30N4O2/c1-16-11-18-21(12-16)8-4-7-20-9-10-23-15-17(22,14-20)13-19-5-2-3-6-19/h11-12,22H,2-10,13-15H2,1H3/t17-/m0/s1. The summed E-state index contributed by atoms with van der Waals surface area (Å²) in [4.78, 5) is 4.72. The van der Waals surface area contributed by atoms with Crippen molar-refractivity contribution in [1.29, 1.82) is 0 Å². The third kappa shape index (κ3) is 5.01. The summed E-state index contributed by atoms with van der Waals surface area (Å²) in [5, 5.41) is 15.3. The fourth-order valence-corrected chi connectivity index (χ4v) is 3.69. The topological polar surface area (TPSA) is 53.8 Å². The highest BCUT2D eigenvalue weighted by Gasteiger charge is 2.34. The lowest BCUT2D eigenvalue weighted by molar-refractivity contribution is -0.0543. The van der Waals surface area contributed by atoms with Gasteiger partial charge in [-0.1, -0.05) is 0 Å². The smallest absolute Gasteiger partial charge is 0.113 e. The molecular weight excluding hydrogens is 292 g/mol. The molecule has 3 rings (SSSR count). The summed E-state index contributed by atoms with van der Waals surface area (Å²) in [5.74, 6) is 0. The molecule has 0 spiro atoms. The van der Waals surface area contributed by atoms with Gasteiger partial charge in [-0.3, -0.25) is 9.58 Å². The molecule has 1 aromatic heterocycles. The second-order valence-corrected chi connectivity index (χ2v) is 7.17. The number of aliphatic hydroxyl groups is 1. The maximum atomic E-state index is 11.0. The summed E-state index contributed by atoms with van der Waals surface area (Å²) >= 11 is 0. The summed E-state index contributed by atoms with van der Waals surface area (Å²) in [6.07, 6.45) is 7.53. The monoisotopic (exact) mass is 322 g/mol. The van der Waals surface area contributed by atoms with Crippen LogP contribution in [0.15, 0.2) is 12.4 Å². The fourth-order valence-electron chi connectivity index (χ4n) is 3.69. The average Bonchev–Trinajstić information content (AvgIpc) is 3.11. The largest absolute Gasteiger partial charge is 0.385 e. The molecular formula is C17H30N4O2. The number of nitrogens with zero attached hydrogens (tertiary/aromatic N) is 4. The van der Waals surface area contributed by atoms with Crippen molar-refractivity contribution >= 4 is 0 Å². The molecule has 6 heteroatoms. The van der Waals surface area contributed by atoms with Gasteiger partial charge in [0.15, 0.2) is 0 Å². The van der Waals surface area contributed by atoms with Gasteiger partial charge >= 0.3 is 0 Å². The Kier molecular flexibility index (Phi) is 5.69. The van der Waals surface area contributed by atoms with Gasteiger partial charge in [0, 0.05) is 38.9 Å². The Bertz CT molecular complexity index is 487. The first-order chi connectivity index (χ1) is 11.1. The molecule has 0 amide bonds.